The maximum atomic E-state index is 12.3. The summed E-state index contributed by atoms with van der Waals surface area (Å²) >= 11 is 0. The van der Waals surface area contributed by atoms with Crippen LogP contribution in [0.5, 0.6) is 0 Å². The summed E-state index contributed by atoms with van der Waals surface area (Å²) < 4.78 is 6.01. The first-order valence-electron chi connectivity index (χ1n) is 8.49. The van der Waals surface area contributed by atoms with Crippen LogP contribution in [-0.2, 0) is 16.1 Å². The fourth-order valence-corrected chi connectivity index (χ4v) is 2.64. The van der Waals surface area contributed by atoms with Gasteiger partial charge in [0.15, 0.2) is 5.58 Å². The normalized spacial score (nSPS) is 10.5. The molecule has 0 aliphatic heterocycles. The molecule has 2 aromatic carbocycles. The lowest BCUT2D eigenvalue weighted by Crippen LogP contribution is -2.33. The van der Waals surface area contributed by atoms with Gasteiger partial charge in [0, 0.05) is 17.3 Å². The molecule has 3 amide bonds. The van der Waals surface area contributed by atoms with Gasteiger partial charge in [0.05, 0.1) is 23.1 Å². The number of nitro benzene ring substituents is 1. The smallest absolute Gasteiger partial charge is 0.407 e. The van der Waals surface area contributed by atoms with E-state index in [2.05, 4.69) is 10.6 Å². The van der Waals surface area contributed by atoms with E-state index in [4.69, 9.17) is 10.2 Å². The molecule has 4 N–H and O–H groups in total. The van der Waals surface area contributed by atoms with Gasteiger partial charge in [-0.1, -0.05) is 0 Å². The molecule has 0 unspecified atom stereocenters. The predicted molar refractivity (Wildman–Crippen MR) is 104 cm³/mol. The number of carbonyl (C=O) groups excluding carboxylic acids is 3. The molecule has 0 bridgehead atoms. The molecule has 154 valence electrons. The topological polar surface area (TPSA) is 180 Å². The highest BCUT2D eigenvalue weighted by molar-refractivity contribution is 5.97. The molecular formula is C18H15N5O7. The second kappa shape index (κ2) is 8.26. The summed E-state index contributed by atoms with van der Waals surface area (Å²) in [6, 6.07) is 9.44. The number of non-ortho nitro benzene ring substituents is 1. The molecule has 1 aromatic heterocycles. The summed E-state index contributed by atoms with van der Waals surface area (Å²) in [4.78, 5) is 57.0. The molecule has 0 atom stereocenters. The Morgan fingerprint density at radius 3 is 2.47 bits per heavy atom. The molecule has 0 spiro atoms. The first kappa shape index (κ1) is 20.3. The molecule has 0 fully saturated rings. The van der Waals surface area contributed by atoms with E-state index in [0.29, 0.717) is 5.69 Å². The van der Waals surface area contributed by atoms with Crippen molar-refractivity contribution in [2.75, 3.05) is 11.9 Å². The van der Waals surface area contributed by atoms with Crippen molar-refractivity contribution in [2.24, 2.45) is 5.73 Å². The fourth-order valence-electron chi connectivity index (χ4n) is 2.64. The van der Waals surface area contributed by atoms with Gasteiger partial charge in [-0.15, -0.1) is 0 Å². The van der Waals surface area contributed by atoms with E-state index in [0.717, 1.165) is 10.6 Å². The minimum atomic E-state index is -0.831. The standard InChI is InChI=1S/C18H15N5O7/c19-15(24)8-20-17(26)10-1-3-11(4-2-10)21-16(25)9-22-13-6-5-12(23(28)29)7-14(13)30-18(22)27/h1-7H,8-9H2,(H2,19,24)(H,20,26)(H,21,25). The summed E-state index contributed by atoms with van der Waals surface area (Å²) in [5.74, 6) is -2.56. The van der Waals surface area contributed by atoms with Crippen LogP contribution in [0.4, 0.5) is 11.4 Å². The number of primary amides is 1. The third-order valence-corrected chi connectivity index (χ3v) is 4.02. The molecule has 1 heterocycles. The number of anilines is 1. The lowest BCUT2D eigenvalue weighted by molar-refractivity contribution is -0.384. The molecule has 0 saturated carbocycles. The van der Waals surface area contributed by atoms with Gasteiger partial charge in [-0.2, -0.15) is 0 Å². The largest absolute Gasteiger partial charge is 0.420 e. The second-order valence-corrected chi connectivity index (χ2v) is 6.14. The molecule has 12 heteroatoms. The van der Waals surface area contributed by atoms with Crippen LogP contribution in [0.15, 0.2) is 51.7 Å². The highest BCUT2D eigenvalue weighted by Crippen LogP contribution is 2.20. The van der Waals surface area contributed by atoms with Crippen LogP contribution in [0, 0.1) is 10.1 Å². The molecule has 3 rings (SSSR count). The van der Waals surface area contributed by atoms with E-state index >= 15 is 0 Å². The number of amides is 3. The summed E-state index contributed by atoms with van der Waals surface area (Å²) in [6.07, 6.45) is 0. The van der Waals surface area contributed by atoms with Gasteiger partial charge in [0.25, 0.3) is 11.6 Å². The first-order valence-corrected chi connectivity index (χ1v) is 8.49. The van der Waals surface area contributed by atoms with E-state index in [9.17, 15) is 29.3 Å². The van der Waals surface area contributed by atoms with Gasteiger partial charge in [-0.05, 0) is 30.3 Å². The SMILES string of the molecule is NC(=O)CNC(=O)c1ccc(NC(=O)Cn2c(=O)oc3cc([N+](=O)[O-])ccc32)cc1. The number of aromatic nitrogens is 1. The predicted octanol–water partition coefficient (Wildman–Crippen LogP) is 0.356. The van der Waals surface area contributed by atoms with Crippen molar-refractivity contribution in [3.05, 3.63) is 68.7 Å². The van der Waals surface area contributed by atoms with Gasteiger partial charge in [0.2, 0.25) is 11.8 Å². The number of oxazole rings is 1. The number of carbonyl (C=O) groups is 3. The number of nitrogens with zero attached hydrogens (tertiary/aromatic N) is 2. The Bertz CT molecular complexity index is 1210. The number of benzene rings is 2. The van der Waals surface area contributed by atoms with Crippen molar-refractivity contribution in [3.8, 4) is 0 Å². The average Bonchev–Trinajstić information content (AvgIpc) is 3.01. The molecule has 12 nitrogen and oxygen atoms in total. The summed E-state index contributed by atoms with van der Waals surface area (Å²) in [6.45, 7) is -0.682. The van der Waals surface area contributed by atoms with Gasteiger partial charge in [-0.3, -0.25) is 29.1 Å². The number of nitrogens with one attached hydrogen (secondary N) is 2. The van der Waals surface area contributed by atoms with Gasteiger partial charge in [0.1, 0.15) is 6.54 Å². The van der Waals surface area contributed by atoms with Crippen LogP contribution in [0.1, 0.15) is 10.4 Å². The lowest BCUT2D eigenvalue weighted by Gasteiger charge is -2.07. The third-order valence-electron chi connectivity index (χ3n) is 4.02. The van der Waals surface area contributed by atoms with Crippen LogP contribution < -0.4 is 22.1 Å². The van der Waals surface area contributed by atoms with E-state index in [1.807, 2.05) is 0 Å². The Hall–Kier alpha value is -4.48. The van der Waals surface area contributed by atoms with Gasteiger partial charge in [-0.25, -0.2) is 4.79 Å². The van der Waals surface area contributed by atoms with Crippen LogP contribution in [0.3, 0.4) is 0 Å². The zero-order valence-electron chi connectivity index (χ0n) is 15.3. The number of nitro groups is 1. The van der Waals surface area contributed by atoms with E-state index in [1.54, 1.807) is 0 Å². The zero-order chi connectivity index (χ0) is 21.8. The van der Waals surface area contributed by atoms with Crippen molar-refractivity contribution >= 4 is 40.2 Å². The Morgan fingerprint density at radius 1 is 1.13 bits per heavy atom. The van der Waals surface area contributed by atoms with Crippen molar-refractivity contribution in [1.82, 2.24) is 9.88 Å². The van der Waals surface area contributed by atoms with E-state index in [-0.39, 0.29) is 35.4 Å². The first-order chi connectivity index (χ1) is 14.2. The Balaban J connectivity index is 1.69. The highest BCUT2D eigenvalue weighted by Gasteiger charge is 2.16. The monoisotopic (exact) mass is 413 g/mol. The van der Waals surface area contributed by atoms with Crippen molar-refractivity contribution in [1.29, 1.82) is 0 Å². The molecule has 0 aliphatic rings. The summed E-state index contributed by atoms with van der Waals surface area (Å²) in [5, 5.41) is 15.7. The molecule has 30 heavy (non-hydrogen) atoms. The molecule has 0 radical (unpaired) electrons. The number of fused-ring (bicyclic) bond motifs is 1. The number of rotatable bonds is 7. The zero-order valence-corrected chi connectivity index (χ0v) is 15.3. The lowest BCUT2D eigenvalue weighted by atomic mass is 10.2. The summed E-state index contributed by atoms with van der Waals surface area (Å²) in [7, 11) is 0. The Morgan fingerprint density at radius 2 is 1.83 bits per heavy atom. The number of hydrogen-bond donors (Lipinski definition) is 3. The fraction of sp³-hybridized carbons (Fsp3) is 0.111. The maximum absolute atomic E-state index is 12.3. The van der Waals surface area contributed by atoms with E-state index < -0.39 is 28.4 Å². The van der Waals surface area contributed by atoms with Crippen molar-refractivity contribution in [3.63, 3.8) is 0 Å². The van der Waals surface area contributed by atoms with Gasteiger partial charge < -0.3 is 20.8 Å². The molecule has 0 aliphatic carbocycles. The van der Waals surface area contributed by atoms with Crippen LogP contribution in [0.2, 0.25) is 0 Å². The molecular weight excluding hydrogens is 398 g/mol. The highest BCUT2D eigenvalue weighted by atomic mass is 16.6. The molecule has 3 aromatic rings. The van der Waals surface area contributed by atoms with Crippen molar-refractivity contribution < 1.29 is 23.7 Å². The quantitative estimate of drug-likeness (QED) is 0.369. The number of hydrogen-bond acceptors (Lipinski definition) is 7. The van der Waals surface area contributed by atoms with Gasteiger partial charge >= 0.3 is 5.76 Å². The minimum absolute atomic E-state index is 0.00618. The van der Waals surface area contributed by atoms with Crippen LogP contribution >= 0.6 is 0 Å². The third kappa shape index (κ3) is 4.49. The minimum Gasteiger partial charge on any atom is -0.407 e. The summed E-state index contributed by atoms with van der Waals surface area (Å²) in [5.41, 5.74) is 5.57. The maximum Gasteiger partial charge on any atom is 0.420 e. The van der Waals surface area contributed by atoms with E-state index in [1.165, 1.54) is 36.4 Å². The van der Waals surface area contributed by atoms with Crippen molar-refractivity contribution in [2.45, 2.75) is 6.54 Å². The Labute approximate surface area is 167 Å². The van der Waals surface area contributed by atoms with Crippen LogP contribution in [0.25, 0.3) is 11.1 Å². The van der Waals surface area contributed by atoms with Crippen LogP contribution in [-0.4, -0.2) is 33.8 Å². The molecule has 0 saturated heterocycles. The Kier molecular flexibility index (Phi) is 5.58. The second-order valence-electron chi connectivity index (χ2n) is 6.14. The number of nitrogens with two attached hydrogens (primary N) is 1. The average molecular weight is 413 g/mol.